The van der Waals surface area contributed by atoms with Gasteiger partial charge in [0.25, 0.3) is 0 Å². The molecule has 0 heterocycles. The lowest BCUT2D eigenvalue weighted by atomic mass is 10.1. The molecule has 0 aliphatic rings. The maximum absolute atomic E-state index is 12.6. The summed E-state index contributed by atoms with van der Waals surface area (Å²) in [5.41, 5.74) is 0. The van der Waals surface area contributed by atoms with E-state index in [1.165, 1.54) is 77.0 Å². The number of esters is 3. The van der Waals surface area contributed by atoms with E-state index >= 15 is 0 Å². The van der Waals surface area contributed by atoms with Crippen molar-refractivity contribution in [1.82, 2.24) is 0 Å². The molecule has 0 aliphatic heterocycles. The smallest absolute Gasteiger partial charge is 0.306 e. The van der Waals surface area contributed by atoms with Gasteiger partial charge in [-0.25, -0.2) is 0 Å². The number of hydrogen-bond donors (Lipinski definition) is 0. The van der Waals surface area contributed by atoms with Crippen molar-refractivity contribution in [3.05, 3.63) is 36.5 Å². The van der Waals surface area contributed by atoms with Crippen molar-refractivity contribution in [2.75, 3.05) is 13.2 Å². The first-order chi connectivity index (χ1) is 23.0. The predicted octanol–water partition coefficient (Wildman–Crippen LogP) is 11.9. The molecular weight excluding hydrogens is 588 g/mol. The van der Waals surface area contributed by atoms with Gasteiger partial charge in [0.15, 0.2) is 6.10 Å². The van der Waals surface area contributed by atoms with Crippen molar-refractivity contribution in [2.24, 2.45) is 0 Å². The summed E-state index contributed by atoms with van der Waals surface area (Å²) in [6.45, 7) is 6.40. The van der Waals surface area contributed by atoms with Gasteiger partial charge < -0.3 is 14.2 Å². The Bertz CT molecular complexity index is 815. The van der Waals surface area contributed by atoms with E-state index in [2.05, 4.69) is 57.2 Å². The van der Waals surface area contributed by atoms with E-state index in [1.807, 2.05) is 0 Å². The van der Waals surface area contributed by atoms with Crippen LogP contribution in [0.3, 0.4) is 0 Å². The zero-order chi connectivity index (χ0) is 34.5. The molecule has 0 saturated carbocycles. The van der Waals surface area contributed by atoms with E-state index in [9.17, 15) is 14.4 Å². The Balaban J connectivity index is 4.44. The van der Waals surface area contributed by atoms with E-state index in [4.69, 9.17) is 14.2 Å². The van der Waals surface area contributed by atoms with Crippen LogP contribution in [0, 0.1) is 0 Å². The minimum absolute atomic E-state index is 0.0858. The SMILES string of the molecule is CC/C=C\C/C=C\C/C=C\CCCC(=O)OCC(COC(=O)CCCCCCCCCCC)OC(=O)CCCCCCCCCCC. The Labute approximate surface area is 289 Å². The molecule has 0 aromatic rings. The van der Waals surface area contributed by atoms with E-state index in [0.29, 0.717) is 25.7 Å². The largest absolute Gasteiger partial charge is 0.462 e. The lowest BCUT2D eigenvalue weighted by molar-refractivity contribution is -0.167. The maximum Gasteiger partial charge on any atom is 0.306 e. The van der Waals surface area contributed by atoms with Gasteiger partial charge >= 0.3 is 17.9 Å². The average Bonchev–Trinajstić information content (AvgIpc) is 3.06. The third-order valence-corrected chi connectivity index (χ3v) is 8.16. The number of rotatable bonds is 34. The second kappa shape index (κ2) is 36.5. The molecule has 0 rings (SSSR count). The highest BCUT2D eigenvalue weighted by atomic mass is 16.6. The standard InChI is InChI=1S/C41H72O6/c1-4-7-10-13-16-19-20-23-25-28-31-34-40(43)46-37-38(47-41(44)35-32-29-26-22-18-15-12-9-6-3)36-45-39(42)33-30-27-24-21-17-14-11-8-5-2/h7,10,16,19,23,25,38H,4-6,8-9,11-15,17-18,20-22,24,26-37H2,1-3H3/b10-7-,19-16-,25-23-. The van der Waals surface area contributed by atoms with Gasteiger partial charge in [-0.2, -0.15) is 0 Å². The summed E-state index contributed by atoms with van der Waals surface area (Å²) in [4.78, 5) is 37.3. The number of unbranched alkanes of at least 4 members (excludes halogenated alkanes) is 17. The Kier molecular flexibility index (Phi) is 34.6. The van der Waals surface area contributed by atoms with Crippen molar-refractivity contribution < 1.29 is 28.6 Å². The second-order valence-electron chi connectivity index (χ2n) is 12.8. The highest BCUT2D eigenvalue weighted by Crippen LogP contribution is 2.13. The number of ether oxygens (including phenoxy) is 3. The summed E-state index contributed by atoms with van der Waals surface area (Å²) < 4.78 is 16.5. The van der Waals surface area contributed by atoms with Crippen LogP contribution in [0.5, 0.6) is 0 Å². The first-order valence-electron chi connectivity index (χ1n) is 19.5. The monoisotopic (exact) mass is 661 g/mol. The molecular formula is C41H72O6. The van der Waals surface area contributed by atoms with Crippen LogP contribution in [0.4, 0.5) is 0 Å². The molecule has 0 aliphatic carbocycles. The maximum atomic E-state index is 12.6. The van der Waals surface area contributed by atoms with Gasteiger partial charge in [0.1, 0.15) is 13.2 Å². The van der Waals surface area contributed by atoms with Crippen LogP contribution in [0.15, 0.2) is 36.5 Å². The van der Waals surface area contributed by atoms with Gasteiger partial charge in [-0.15, -0.1) is 0 Å². The van der Waals surface area contributed by atoms with Crippen LogP contribution in [0.2, 0.25) is 0 Å². The molecule has 0 N–H and O–H groups in total. The van der Waals surface area contributed by atoms with Crippen molar-refractivity contribution in [1.29, 1.82) is 0 Å². The van der Waals surface area contributed by atoms with E-state index in [0.717, 1.165) is 64.2 Å². The van der Waals surface area contributed by atoms with E-state index < -0.39 is 6.10 Å². The summed E-state index contributed by atoms with van der Waals surface area (Å²) >= 11 is 0. The quantitative estimate of drug-likeness (QED) is 0.0296. The van der Waals surface area contributed by atoms with Gasteiger partial charge in [-0.3, -0.25) is 14.4 Å². The fourth-order valence-corrected chi connectivity index (χ4v) is 5.23. The normalized spacial score (nSPS) is 12.3. The van der Waals surface area contributed by atoms with Crippen LogP contribution < -0.4 is 0 Å². The Morgan fingerprint density at radius 2 is 0.830 bits per heavy atom. The van der Waals surface area contributed by atoms with Crippen LogP contribution in [-0.4, -0.2) is 37.2 Å². The fraction of sp³-hybridized carbons (Fsp3) is 0.780. The van der Waals surface area contributed by atoms with Crippen LogP contribution in [0.1, 0.15) is 188 Å². The van der Waals surface area contributed by atoms with Crippen LogP contribution in [0.25, 0.3) is 0 Å². The molecule has 1 unspecified atom stereocenters. The molecule has 1 atom stereocenters. The molecule has 0 radical (unpaired) electrons. The van der Waals surface area contributed by atoms with E-state index in [1.54, 1.807) is 0 Å². The summed E-state index contributed by atoms with van der Waals surface area (Å²) in [5.74, 6) is -0.954. The van der Waals surface area contributed by atoms with Crippen LogP contribution in [-0.2, 0) is 28.6 Å². The van der Waals surface area contributed by atoms with Gasteiger partial charge in [0.05, 0.1) is 0 Å². The minimum Gasteiger partial charge on any atom is -0.462 e. The van der Waals surface area contributed by atoms with Gasteiger partial charge in [0, 0.05) is 19.3 Å². The average molecular weight is 661 g/mol. The van der Waals surface area contributed by atoms with E-state index in [-0.39, 0.29) is 31.1 Å². The number of allylic oxidation sites excluding steroid dienone is 6. The summed E-state index contributed by atoms with van der Waals surface area (Å²) in [5, 5.41) is 0. The van der Waals surface area contributed by atoms with Crippen molar-refractivity contribution in [3.8, 4) is 0 Å². The number of carbonyl (C=O) groups is 3. The number of hydrogen-bond acceptors (Lipinski definition) is 6. The second-order valence-corrected chi connectivity index (χ2v) is 12.8. The molecule has 0 aromatic carbocycles. The first kappa shape index (κ1) is 44.6. The lowest BCUT2D eigenvalue weighted by Crippen LogP contribution is -2.30. The van der Waals surface area contributed by atoms with Gasteiger partial charge in [0.2, 0.25) is 0 Å². The fourth-order valence-electron chi connectivity index (χ4n) is 5.23. The highest BCUT2D eigenvalue weighted by Gasteiger charge is 2.19. The third-order valence-electron chi connectivity index (χ3n) is 8.16. The molecule has 0 spiro atoms. The zero-order valence-corrected chi connectivity index (χ0v) is 30.8. The molecule has 0 fully saturated rings. The first-order valence-corrected chi connectivity index (χ1v) is 19.5. The Morgan fingerprint density at radius 1 is 0.447 bits per heavy atom. The van der Waals surface area contributed by atoms with Crippen molar-refractivity contribution >= 4 is 17.9 Å². The molecule has 6 nitrogen and oxygen atoms in total. The third kappa shape index (κ3) is 34.8. The Morgan fingerprint density at radius 3 is 1.30 bits per heavy atom. The van der Waals surface area contributed by atoms with Crippen LogP contribution >= 0.6 is 0 Å². The summed E-state index contributed by atoms with van der Waals surface area (Å²) in [7, 11) is 0. The molecule has 0 aromatic heterocycles. The van der Waals surface area contributed by atoms with Gasteiger partial charge in [-0.05, 0) is 44.9 Å². The minimum atomic E-state index is -0.782. The lowest BCUT2D eigenvalue weighted by Gasteiger charge is -2.18. The predicted molar refractivity (Wildman–Crippen MR) is 196 cm³/mol. The molecule has 6 heteroatoms. The molecule has 0 bridgehead atoms. The number of carbonyl (C=O) groups excluding carboxylic acids is 3. The highest BCUT2D eigenvalue weighted by molar-refractivity contribution is 5.71. The van der Waals surface area contributed by atoms with Crippen molar-refractivity contribution in [3.63, 3.8) is 0 Å². The molecule has 0 amide bonds. The van der Waals surface area contributed by atoms with Crippen molar-refractivity contribution in [2.45, 2.75) is 194 Å². The summed E-state index contributed by atoms with van der Waals surface area (Å²) in [6, 6.07) is 0. The Hall–Kier alpha value is -2.37. The summed E-state index contributed by atoms with van der Waals surface area (Å²) in [6.07, 6.45) is 38.6. The van der Waals surface area contributed by atoms with Gasteiger partial charge in [-0.1, -0.05) is 160 Å². The molecule has 47 heavy (non-hydrogen) atoms. The topological polar surface area (TPSA) is 78.9 Å². The molecule has 272 valence electrons. The molecule has 0 saturated heterocycles. The zero-order valence-electron chi connectivity index (χ0n) is 30.8.